The first-order chi connectivity index (χ1) is 10.5. The molecule has 0 spiro atoms. The number of carboxylic acids is 2. The van der Waals surface area contributed by atoms with Gasteiger partial charge in [-0.15, -0.1) is 0 Å². The van der Waals surface area contributed by atoms with E-state index >= 15 is 0 Å². The summed E-state index contributed by atoms with van der Waals surface area (Å²) >= 11 is 0. The van der Waals surface area contributed by atoms with Crippen molar-refractivity contribution in [1.29, 1.82) is 0 Å². The summed E-state index contributed by atoms with van der Waals surface area (Å²) in [6, 6.07) is 7.23. The Labute approximate surface area is 129 Å². The fourth-order valence-corrected chi connectivity index (χ4v) is 1.98. The van der Waals surface area contributed by atoms with E-state index in [4.69, 9.17) is 19.7 Å². The van der Waals surface area contributed by atoms with Crippen molar-refractivity contribution in [1.82, 2.24) is 0 Å². The van der Waals surface area contributed by atoms with Crippen molar-refractivity contribution in [3.63, 3.8) is 0 Å². The zero-order chi connectivity index (χ0) is 16.4. The van der Waals surface area contributed by atoms with Gasteiger partial charge >= 0.3 is 11.9 Å². The van der Waals surface area contributed by atoms with Crippen molar-refractivity contribution in [3.8, 4) is 5.75 Å². The fraction of sp³-hybridized carbons (Fsp3) is 0.500. The molecule has 0 unspecified atom stereocenters. The van der Waals surface area contributed by atoms with Crippen LogP contribution >= 0.6 is 0 Å². The van der Waals surface area contributed by atoms with Gasteiger partial charge in [0.1, 0.15) is 5.75 Å². The number of rotatable bonds is 11. The predicted octanol–water partition coefficient (Wildman–Crippen LogP) is 2.70. The minimum Gasteiger partial charge on any atom is -0.497 e. The normalized spacial score (nSPS) is 11.9. The van der Waals surface area contributed by atoms with Crippen LogP contribution in [0.5, 0.6) is 5.75 Å². The van der Waals surface area contributed by atoms with Crippen LogP contribution in [0.15, 0.2) is 24.3 Å². The minimum atomic E-state index is -0.994. The highest BCUT2D eigenvalue weighted by Crippen LogP contribution is 2.14. The second-order valence-corrected chi connectivity index (χ2v) is 4.98. The van der Waals surface area contributed by atoms with Gasteiger partial charge in [0.05, 0.1) is 13.7 Å². The molecule has 0 aliphatic carbocycles. The third kappa shape index (κ3) is 7.08. The molecule has 1 atom stereocenters. The van der Waals surface area contributed by atoms with Crippen molar-refractivity contribution in [2.45, 2.75) is 44.8 Å². The first-order valence-electron chi connectivity index (χ1n) is 7.22. The van der Waals surface area contributed by atoms with Crippen molar-refractivity contribution >= 4 is 11.9 Å². The maximum atomic E-state index is 11.2. The zero-order valence-electron chi connectivity index (χ0n) is 12.7. The van der Waals surface area contributed by atoms with Crippen molar-refractivity contribution in [3.05, 3.63) is 29.8 Å². The van der Waals surface area contributed by atoms with Crippen LogP contribution in [-0.2, 0) is 20.9 Å². The summed E-state index contributed by atoms with van der Waals surface area (Å²) in [4.78, 5) is 21.5. The number of carboxylic acid groups (broad SMARTS) is 2. The van der Waals surface area contributed by atoms with E-state index in [1.54, 1.807) is 19.2 Å². The Morgan fingerprint density at radius 2 is 1.77 bits per heavy atom. The molecule has 22 heavy (non-hydrogen) atoms. The molecule has 122 valence electrons. The lowest BCUT2D eigenvalue weighted by Crippen LogP contribution is -2.23. The molecule has 0 heterocycles. The molecule has 0 saturated heterocycles. The van der Waals surface area contributed by atoms with E-state index in [1.165, 1.54) is 0 Å². The van der Waals surface area contributed by atoms with E-state index in [-0.39, 0.29) is 13.0 Å². The van der Waals surface area contributed by atoms with E-state index in [9.17, 15) is 9.59 Å². The summed E-state index contributed by atoms with van der Waals surface area (Å²) < 4.78 is 10.5. The Morgan fingerprint density at radius 3 is 2.32 bits per heavy atom. The predicted molar refractivity (Wildman–Crippen MR) is 79.9 cm³/mol. The second kappa shape index (κ2) is 9.78. The summed E-state index contributed by atoms with van der Waals surface area (Å²) in [6.45, 7) is 0.218. The number of hydrogen-bond donors (Lipinski definition) is 2. The molecule has 0 radical (unpaired) electrons. The molecule has 0 aliphatic heterocycles. The number of ether oxygens (including phenoxy) is 2. The molecule has 0 fully saturated rings. The van der Waals surface area contributed by atoms with Crippen LogP contribution in [0.3, 0.4) is 0 Å². The maximum absolute atomic E-state index is 11.2. The average Bonchev–Trinajstić information content (AvgIpc) is 2.49. The topological polar surface area (TPSA) is 93.1 Å². The largest absolute Gasteiger partial charge is 0.497 e. The Bertz CT molecular complexity index is 468. The van der Waals surface area contributed by atoms with E-state index < -0.39 is 18.0 Å². The number of carbonyl (C=O) groups is 2. The highest BCUT2D eigenvalue weighted by Gasteiger charge is 2.17. The number of aliphatic carboxylic acids is 2. The number of unbranched alkanes of at least 4 members (excludes halogenated alkanes) is 2. The third-order valence-corrected chi connectivity index (χ3v) is 3.24. The molecule has 0 bridgehead atoms. The fourth-order valence-electron chi connectivity index (χ4n) is 1.98. The lowest BCUT2D eigenvalue weighted by Gasteiger charge is -2.13. The van der Waals surface area contributed by atoms with Gasteiger partial charge in [0.15, 0.2) is 6.10 Å². The van der Waals surface area contributed by atoms with Gasteiger partial charge in [-0.1, -0.05) is 25.0 Å². The molecule has 0 aliphatic rings. The van der Waals surface area contributed by atoms with Gasteiger partial charge in [-0.3, -0.25) is 4.79 Å². The van der Waals surface area contributed by atoms with E-state index in [2.05, 4.69) is 0 Å². The highest BCUT2D eigenvalue weighted by molar-refractivity contribution is 5.72. The van der Waals surface area contributed by atoms with E-state index in [1.807, 2.05) is 12.1 Å². The van der Waals surface area contributed by atoms with Crippen LogP contribution in [0.4, 0.5) is 0 Å². The standard InChI is InChI=1S/C16H22O6/c1-21-13-9-7-12(8-10-13)11-22-14(16(19)20)5-3-2-4-6-15(17)18/h7-10,14H,2-6,11H2,1H3,(H,17,18)(H,19,20)/t14-/m1/s1. The second-order valence-electron chi connectivity index (χ2n) is 4.98. The Morgan fingerprint density at radius 1 is 1.09 bits per heavy atom. The van der Waals surface area contributed by atoms with Gasteiger partial charge in [-0.25, -0.2) is 4.79 Å². The Hall–Kier alpha value is -2.08. The first-order valence-corrected chi connectivity index (χ1v) is 7.22. The van der Waals surface area contributed by atoms with Crippen LogP contribution in [-0.4, -0.2) is 35.4 Å². The van der Waals surface area contributed by atoms with Crippen LogP contribution in [0.1, 0.15) is 37.7 Å². The monoisotopic (exact) mass is 310 g/mol. The average molecular weight is 310 g/mol. The van der Waals surface area contributed by atoms with Gasteiger partial charge in [0.25, 0.3) is 0 Å². The molecule has 0 aromatic heterocycles. The summed E-state index contributed by atoms with van der Waals surface area (Å²) in [7, 11) is 1.58. The molecule has 6 heteroatoms. The molecule has 1 aromatic carbocycles. The maximum Gasteiger partial charge on any atom is 0.332 e. The van der Waals surface area contributed by atoms with Crippen LogP contribution in [0.2, 0.25) is 0 Å². The van der Waals surface area contributed by atoms with Gasteiger partial charge in [0.2, 0.25) is 0 Å². The SMILES string of the molecule is COc1ccc(CO[C@H](CCCCCC(=O)O)C(=O)O)cc1. The first kappa shape index (κ1) is 18.0. The third-order valence-electron chi connectivity index (χ3n) is 3.24. The molecule has 0 saturated carbocycles. The van der Waals surface area contributed by atoms with Crippen LogP contribution < -0.4 is 4.74 Å². The Balaban J connectivity index is 2.33. The molecule has 1 aromatic rings. The van der Waals surface area contributed by atoms with Crippen LogP contribution in [0.25, 0.3) is 0 Å². The lowest BCUT2D eigenvalue weighted by atomic mass is 10.1. The van der Waals surface area contributed by atoms with Gasteiger partial charge in [-0.05, 0) is 30.5 Å². The summed E-state index contributed by atoms with van der Waals surface area (Å²) in [5.41, 5.74) is 0.873. The minimum absolute atomic E-state index is 0.116. The number of methoxy groups -OCH3 is 1. The summed E-state index contributed by atoms with van der Waals surface area (Å²) in [5, 5.41) is 17.7. The van der Waals surface area contributed by atoms with Gasteiger partial charge < -0.3 is 19.7 Å². The molecule has 2 N–H and O–H groups in total. The molecular formula is C16H22O6. The smallest absolute Gasteiger partial charge is 0.332 e. The van der Waals surface area contributed by atoms with Gasteiger partial charge in [-0.2, -0.15) is 0 Å². The molecule has 0 amide bonds. The molecular weight excluding hydrogens is 288 g/mol. The molecule has 6 nitrogen and oxygen atoms in total. The molecule has 1 rings (SSSR count). The van der Waals surface area contributed by atoms with Crippen molar-refractivity contribution in [2.24, 2.45) is 0 Å². The van der Waals surface area contributed by atoms with Gasteiger partial charge in [0, 0.05) is 6.42 Å². The van der Waals surface area contributed by atoms with Crippen molar-refractivity contribution < 1.29 is 29.3 Å². The van der Waals surface area contributed by atoms with E-state index in [0.717, 1.165) is 11.3 Å². The number of hydrogen-bond acceptors (Lipinski definition) is 4. The zero-order valence-corrected chi connectivity index (χ0v) is 12.7. The highest BCUT2D eigenvalue weighted by atomic mass is 16.5. The summed E-state index contributed by atoms with van der Waals surface area (Å²) in [6.07, 6.45) is 1.50. The van der Waals surface area contributed by atoms with Crippen molar-refractivity contribution in [2.75, 3.05) is 7.11 Å². The van der Waals surface area contributed by atoms with Crippen LogP contribution in [0, 0.1) is 0 Å². The quantitative estimate of drug-likeness (QED) is 0.610. The summed E-state index contributed by atoms with van der Waals surface area (Å²) in [5.74, 6) is -1.09. The Kier molecular flexibility index (Phi) is 7.99. The lowest BCUT2D eigenvalue weighted by molar-refractivity contribution is -0.151. The number of benzene rings is 1. The van der Waals surface area contributed by atoms with E-state index in [0.29, 0.717) is 25.7 Å².